The molecule has 6 nitrogen and oxygen atoms in total. The van der Waals surface area contributed by atoms with Crippen molar-refractivity contribution >= 4 is 17.4 Å². The van der Waals surface area contributed by atoms with Crippen molar-refractivity contribution in [3.63, 3.8) is 0 Å². The summed E-state index contributed by atoms with van der Waals surface area (Å²) in [7, 11) is 0. The number of hydrogen-bond donors (Lipinski definition) is 0. The highest BCUT2D eigenvalue weighted by Gasteiger charge is 2.33. The third-order valence-corrected chi connectivity index (χ3v) is 5.31. The fourth-order valence-electron chi connectivity index (χ4n) is 3.36. The molecule has 0 radical (unpaired) electrons. The van der Waals surface area contributed by atoms with Gasteiger partial charge in [-0.25, -0.2) is 0 Å². The van der Waals surface area contributed by atoms with E-state index < -0.39 is 0 Å². The molecule has 7 heteroatoms. The molecule has 0 bridgehead atoms. The number of likely N-dealkylation sites (tertiary alicyclic amines) is 1. The number of amides is 1. The van der Waals surface area contributed by atoms with Crippen molar-refractivity contribution in [3.05, 3.63) is 34.3 Å². The minimum Gasteiger partial charge on any atom is -0.486 e. The van der Waals surface area contributed by atoms with Gasteiger partial charge in [0.2, 0.25) is 0 Å². The summed E-state index contributed by atoms with van der Waals surface area (Å²) in [4.78, 5) is 15.6. The van der Waals surface area contributed by atoms with E-state index in [1.54, 1.807) is 0 Å². The number of aryl methyl sites for hydroxylation is 1. The van der Waals surface area contributed by atoms with E-state index in [-0.39, 0.29) is 11.9 Å². The van der Waals surface area contributed by atoms with Crippen LogP contribution in [0.25, 0.3) is 0 Å². The van der Waals surface area contributed by atoms with Gasteiger partial charge in [0.1, 0.15) is 18.1 Å². The maximum atomic E-state index is 13.0. The van der Waals surface area contributed by atoms with Gasteiger partial charge in [0.25, 0.3) is 5.91 Å². The van der Waals surface area contributed by atoms with Gasteiger partial charge in [-0.2, -0.15) is 0 Å². The molecule has 1 amide bonds. The monoisotopic (exact) mass is 345 g/mol. The summed E-state index contributed by atoms with van der Waals surface area (Å²) in [6.45, 7) is 3.91. The summed E-state index contributed by atoms with van der Waals surface area (Å²) in [5.41, 5.74) is 1.89. The average Bonchev–Trinajstić information content (AvgIpc) is 3.29. The first-order valence-electron chi connectivity index (χ1n) is 8.29. The van der Waals surface area contributed by atoms with Gasteiger partial charge in [-0.15, -0.1) is 5.10 Å². The van der Waals surface area contributed by atoms with Gasteiger partial charge in [-0.1, -0.05) is 17.5 Å². The minimum absolute atomic E-state index is 0.0410. The molecule has 0 spiro atoms. The Morgan fingerprint density at radius 1 is 1.33 bits per heavy atom. The predicted octanol–water partition coefficient (Wildman–Crippen LogP) is 2.85. The Hall–Kier alpha value is -2.15. The molecule has 0 aliphatic carbocycles. The highest BCUT2D eigenvalue weighted by molar-refractivity contribution is 7.08. The van der Waals surface area contributed by atoms with E-state index in [4.69, 9.17) is 9.47 Å². The van der Waals surface area contributed by atoms with Gasteiger partial charge in [-0.05, 0) is 48.5 Å². The van der Waals surface area contributed by atoms with Crippen molar-refractivity contribution in [1.29, 1.82) is 0 Å². The van der Waals surface area contributed by atoms with Crippen molar-refractivity contribution in [3.8, 4) is 11.5 Å². The molecule has 2 aliphatic rings. The summed E-state index contributed by atoms with van der Waals surface area (Å²) in [6, 6.07) is 6.06. The number of ether oxygens (including phenoxy) is 2. The maximum absolute atomic E-state index is 13.0. The lowest BCUT2D eigenvalue weighted by molar-refractivity contribution is 0.0738. The van der Waals surface area contributed by atoms with E-state index in [2.05, 4.69) is 9.59 Å². The van der Waals surface area contributed by atoms with Gasteiger partial charge in [0.15, 0.2) is 11.5 Å². The van der Waals surface area contributed by atoms with Crippen LogP contribution in [0.4, 0.5) is 0 Å². The molecule has 1 atom stereocenters. The van der Waals surface area contributed by atoms with Crippen LogP contribution >= 0.6 is 11.5 Å². The smallest absolute Gasteiger partial charge is 0.268 e. The van der Waals surface area contributed by atoms with Crippen LogP contribution in [0, 0.1) is 0 Å². The molecular weight excluding hydrogens is 326 g/mol. The number of nitrogens with zero attached hydrogens (tertiary/aromatic N) is 3. The first kappa shape index (κ1) is 15.4. The van der Waals surface area contributed by atoms with E-state index in [0.717, 1.165) is 48.6 Å². The molecule has 2 aromatic rings. The molecule has 4 rings (SSSR count). The number of aromatic nitrogens is 2. The molecule has 1 aromatic carbocycles. The lowest BCUT2D eigenvalue weighted by Crippen LogP contribution is -2.30. The van der Waals surface area contributed by atoms with Gasteiger partial charge < -0.3 is 14.4 Å². The van der Waals surface area contributed by atoms with Gasteiger partial charge in [0.05, 0.1) is 11.7 Å². The fraction of sp³-hybridized carbons (Fsp3) is 0.471. The van der Waals surface area contributed by atoms with Crippen LogP contribution in [0.5, 0.6) is 11.5 Å². The highest BCUT2D eigenvalue weighted by Crippen LogP contribution is 2.39. The van der Waals surface area contributed by atoms with E-state index in [0.29, 0.717) is 18.1 Å². The molecule has 1 saturated heterocycles. The number of benzene rings is 1. The van der Waals surface area contributed by atoms with Crippen LogP contribution in [0.15, 0.2) is 18.2 Å². The van der Waals surface area contributed by atoms with Crippen LogP contribution in [0.3, 0.4) is 0 Å². The average molecular weight is 345 g/mol. The molecule has 1 unspecified atom stereocenters. The first-order valence-corrected chi connectivity index (χ1v) is 9.07. The first-order chi connectivity index (χ1) is 11.8. The predicted molar refractivity (Wildman–Crippen MR) is 89.7 cm³/mol. The normalized spacial score (nSPS) is 19.5. The summed E-state index contributed by atoms with van der Waals surface area (Å²) in [5.74, 6) is 1.59. The van der Waals surface area contributed by atoms with Crippen LogP contribution < -0.4 is 9.47 Å². The fourth-order valence-corrected chi connectivity index (χ4v) is 4.06. The molecular formula is C17H19N3O3S. The van der Waals surface area contributed by atoms with Crippen LogP contribution in [0.1, 0.15) is 46.7 Å². The van der Waals surface area contributed by atoms with Crippen LogP contribution in [0.2, 0.25) is 0 Å². The second kappa shape index (κ2) is 6.39. The summed E-state index contributed by atoms with van der Waals surface area (Å²) in [5, 5.41) is 4.07. The Kier molecular flexibility index (Phi) is 4.10. The summed E-state index contributed by atoms with van der Waals surface area (Å²) >= 11 is 1.19. The molecule has 0 N–H and O–H groups in total. The molecule has 126 valence electrons. The van der Waals surface area contributed by atoms with Gasteiger partial charge >= 0.3 is 0 Å². The molecule has 0 saturated carbocycles. The zero-order valence-electron chi connectivity index (χ0n) is 13.5. The second-order valence-corrected chi connectivity index (χ2v) is 6.72. The molecule has 24 heavy (non-hydrogen) atoms. The topological polar surface area (TPSA) is 64.6 Å². The summed E-state index contributed by atoms with van der Waals surface area (Å²) < 4.78 is 15.2. The van der Waals surface area contributed by atoms with Crippen molar-refractivity contribution < 1.29 is 14.3 Å². The quantitative estimate of drug-likeness (QED) is 0.856. The van der Waals surface area contributed by atoms with Crippen molar-refractivity contribution in [2.24, 2.45) is 0 Å². The number of fused-ring (bicyclic) bond motifs is 1. The molecule has 2 aliphatic heterocycles. The van der Waals surface area contributed by atoms with Crippen LogP contribution in [-0.4, -0.2) is 40.2 Å². The Labute approximate surface area is 144 Å². The minimum atomic E-state index is 0.0410. The largest absolute Gasteiger partial charge is 0.486 e. The highest BCUT2D eigenvalue weighted by atomic mass is 32.1. The standard InChI is InChI=1S/C17H19N3O3S/c1-2-12-16(24-19-18-12)17(21)20-7-3-4-13(20)11-5-6-14-15(10-11)23-9-8-22-14/h5-6,10,13H,2-4,7-9H2,1H3. The van der Waals surface area contributed by atoms with Gasteiger partial charge in [0, 0.05) is 6.54 Å². The third kappa shape index (κ3) is 2.62. The number of hydrogen-bond acceptors (Lipinski definition) is 6. The van der Waals surface area contributed by atoms with Crippen molar-refractivity contribution in [2.75, 3.05) is 19.8 Å². The Bertz CT molecular complexity index is 761. The molecule has 1 aromatic heterocycles. The maximum Gasteiger partial charge on any atom is 0.268 e. The number of carbonyl (C=O) groups is 1. The molecule has 3 heterocycles. The van der Waals surface area contributed by atoms with Gasteiger partial charge in [-0.3, -0.25) is 4.79 Å². The van der Waals surface area contributed by atoms with Crippen LogP contribution in [-0.2, 0) is 6.42 Å². The Morgan fingerprint density at radius 3 is 3.00 bits per heavy atom. The zero-order chi connectivity index (χ0) is 16.5. The van der Waals surface area contributed by atoms with E-state index in [1.165, 1.54) is 11.5 Å². The lowest BCUT2D eigenvalue weighted by Gasteiger charge is -2.26. The number of carbonyl (C=O) groups excluding carboxylic acids is 1. The summed E-state index contributed by atoms with van der Waals surface area (Å²) in [6.07, 6.45) is 2.68. The zero-order valence-corrected chi connectivity index (χ0v) is 14.3. The van der Waals surface area contributed by atoms with E-state index in [9.17, 15) is 4.79 Å². The van der Waals surface area contributed by atoms with Crippen molar-refractivity contribution in [2.45, 2.75) is 32.2 Å². The second-order valence-electron chi connectivity index (χ2n) is 5.96. The Balaban J connectivity index is 1.62. The number of rotatable bonds is 3. The SMILES string of the molecule is CCc1nnsc1C(=O)N1CCCC1c1ccc2c(c1)OCCO2. The molecule has 1 fully saturated rings. The van der Waals surface area contributed by atoms with E-state index in [1.807, 2.05) is 30.0 Å². The lowest BCUT2D eigenvalue weighted by atomic mass is 10.0. The third-order valence-electron chi connectivity index (χ3n) is 4.55. The van der Waals surface area contributed by atoms with Crippen molar-refractivity contribution in [1.82, 2.24) is 14.5 Å². The van der Waals surface area contributed by atoms with E-state index >= 15 is 0 Å². The Morgan fingerprint density at radius 2 is 2.17 bits per heavy atom.